The third-order valence-electron chi connectivity index (χ3n) is 8.04. The number of amides is 2. The standard InChI is InChI=1S/C32H39F4N5O3Si/c1-19-17-41(18-20(2)40(19)3)28-10-8-21(23-9-7-22(30(37)42)13-26(23)33)14-27(28)39-31(43)24-16-38-29(15-25(24)32(34,35)36)44-11-12-45(4,5)6/h7-10,13-16,19-20H,11-12,17-18H2,1-6H3,(H2,37,42)(H,39,43)/t19-,20+. The van der Waals surface area contributed by atoms with E-state index < -0.39 is 43.0 Å². The van der Waals surface area contributed by atoms with Crippen molar-refractivity contribution in [3.05, 3.63) is 71.2 Å². The van der Waals surface area contributed by atoms with E-state index in [4.69, 9.17) is 10.5 Å². The van der Waals surface area contributed by atoms with Crippen molar-refractivity contribution in [1.29, 1.82) is 0 Å². The Balaban J connectivity index is 1.73. The van der Waals surface area contributed by atoms with E-state index in [1.807, 2.05) is 11.9 Å². The topological polar surface area (TPSA) is 101 Å². The summed E-state index contributed by atoms with van der Waals surface area (Å²) in [6.07, 6.45) is -3.99. The number of nitrogens with one attached hydrogen (secondary N) is 1. The molecule has 2 atom stereocenters. The number of likely N-dealkylation sites (N-methyl/N-ethyl adjacent to an activating group) is 1. The van der Waals surface area contributed by atoms with Gasteiger partial charge in [0.1, 0.15) is 5.82 Å². The number of carbonyl (C=O) groups is 2. The SMILES string of the molecule is C[C@@H]1CN(c2ccc(-c3ccc(C(N)=O)cc3F)cc2NC(=O)c2cnc(OCC[Si](C)(C)C)cc2C(F)(F)F)C[C@H](C)N1C. The third-order valence-corrected chi connectivity index (χ3v) is 9.74. The molecule has 45 heavy (non-hydrogen) atoms. The normalized spacial score (nSPS) is 17.7. The fourth-order valence-corrected chi connectivity index (χ4v) is 5.88. The summed E-state index contributed by atoms with van der Waals surface area (Å²) in [5.74, 6) is -2.74. The van der Waals surface area contributed by atoms with Crippen LogP contribution in [0.2, 0.25) is 25.7 Å². The predicted molar refractivity (Wildman–Crippen MR) is 170 cm³/mol. The van der Waals surface area contributed by atoms with E-state index in [0.29, 0.717) is 24.3 Å². The summed E-state index contributed by atoms with van der Waals surface area (Å²) < 4.78 is 63.2. The second-order valence-corrected chi connectivity index (χ2v) is 18.4. The van der Waals surface area contributed by atoms with Crippen LogP contribution in [0.25, 0.3) is 11.1 Å². The Hall–Kier alpha value is -3.97. The van der Waals surface area contributed by atoms with Gasteiger partial charge in [-0.15, -0.1) is 0 Å². The maximum atomic E-state index is 15.1. The first-order valence-electron chi connectivity index (χ1n) is 14.7. The van der Waals surface area contributed by atoms with E-state index in [9.17, 15) is 22.8 Å². The van der Waals surface area contributed by atoms with Crippen LogP contribution in [0.4, 0.5) is 28.9 Å². The molecule has 2 aromatic carbocycles. The van der Waals surface area contributed by atoms with Gasteiger partial charge >= 0.3 is 6.18 Å². The lowest BCUT2D eigenvalue weighted by Crippen LogP contribution is -2.55. The zero-order valence-corrected chi connectivity index (χ0v) is 27.3. The smallest absolute Gasteiger partial charge is 0.417 e. The van der Waals surface area contributed by atoms with Gasteiger partial charge in [0.05, 0.1) is 29.1 Å². The molecule has 242 valence electrons. The molecule has 2 amide bonds. The Morgan fingerprint density at radius 3 is 2.31 bits per heavy atom. The Labute approximate surface area is 261 Å². The lowest BCUT2D eigenvalue weighted by molar-refractivity contribution is -0.138. The fourth-order valence-electron chi connectivity index (χ4n) is 5.17. The second kappa shape index (κ2) is 13.2. The van der Waals surface area contributed by atoms with Gasteiger partial charge in [-0.2, -0.15) is 13.2 Å². The maximum absolute atomic E-state index is 15.1. The number of hydrogen-bond acceptors (Lipinski definition) is 6. The minimum absolute atomic E-state index is 0.0121. The largest absolute Gasteiger partial charge is 0.478 e. The number of carbonyl (C=O) groups excluding carboxylic acids is 2. The molecule has 0 radical (unpaired) electrons. The number of anilines is 2. The molecule has 0 unspecified atom stereocenters. The Bertz CT molecular complexity index is 1570. The number of halogens is 4. The molecule has 4 rings (SSSR count). The number of primary amides is 1. The van der Waals surface area contributed by atoms with Gasteiger partial charge in [-0.05, 0) is 56.8 Å². The number of rotatable bonds is 9. The van der Waals surface area contributed by atoms with Crippen molar-refractivity contribution < 1.29 is 31.9 Å². The molecular weight excluding hydrogens is 606 g/mol. The van der Waals surface area contributed by atoms with Crippen LogP contribution in [0, 0.1) is 5.82 Å². The van der Waals surface area contributed by atoms with E-state index in [-0.39, 0.29) is 41.4 Å². The van der Waals surface area contributed by atoms with E-state index in [1.54, 1.807) is 12.1 Å². The molecule has 0 saturated carbocycles. The minimum atomic E-state index is -4.86. The molecule has 13 heteroatoms. The number of pyridine rings is 1. The summed E-state index contributed by atoms with van der Waals surface area (Å²) in [4.78, 5) is 33.3. The third kappa shape index (κ3) is 8.20. The van der Waals surface area contributed by atoms with Crippen LogP contribution in [0.3, 0.4) is 0 Å². The van der Waals surface area contributed by atoms with Crippen molar-refractivity contribution in [2.24, 2.45) is 5.73 Å². The van der Waals surface area contributed by atoms with Crippen molar-refractivity contribution in [2.45, 2.75) is 57.8 Å². The average Bonchev–Trinajstić information content (AvgIpc) is 2.94. The highest BCUT2D eigenvalue weighted by atomic mass is 28.3. The number of nitrogens with zero attached hydrogens (tertiary/aromatic N) is 3. The molecule has 1 fully saturated rings. The van der Waals surface area contributed by atoms with Gasteiger partial charge < -0.3 is 20.7 Å². The summed E-state index contributed by atoms with van der Waals surface area (Å²) in [5, 5.41) is 2.65. The van der Waals surface area contributed by atoms with Gasteiger partial charge in [0, 0.05) is 56.6 Å². The highest BCUT2D eigenvalue weighted by Gasteiger charge is 2.37. The quantitative estimate of drug-likeness (QED) is 0.204. The summed E-state index contributed by atoms with van der Waals surface area (Å²) in [7, 11) is 0.519. The van der Waals surface area contributed by atoms with Crippen molar-refractivity contribution in [3.63, 3.8) is 0 Å². The molecule has 0 spiro atoms. The first-order valence-corrected chi connectivity index (χ1v) is 18.4. The lowest BCUT2D eigenvalue weighted by atomic mass is 10.00. The van der Waals surface area contributed by atoms with Gasteiger partial charge in [-0.3, -0.25) is 14.5 Å². The summed E-state index contributed by atoms with van der Waals surface area (Å²) in [6.45, 7) is 11.9. The van der Waals surface area contributed by atoms with E-state index in [1.165, 1.54) is 18.2 Å². The second-order valence-electron chi connectivity index (χ2n) is 12.7. The number of benzene rings is 2. The molecule has 1 aliphatic rings. The van der Waals surface area contributed by atoms with Gasteiger partial charge in [-0.25, -0.2) is 9.37 Å². The van der Waals surface area contributed by atoms with Gasteiger partial charge in [0.15, 0.2) is 0 Å². The average molecular weight is 646 g/mol. The molecule has 1 aliphatic heterocycles. The van der Waals surface area contributed by atoms with Crippen molar-refractivity contribution in [3.8, 4) is 17.0 Å². The Morgan fingerprint density at radius 2 is 1.73 bits per heavy atom. The zero-order chi connectivity index (χ0) is 33.3. The summed E-state index contributed by atoms with van der Waals surface area (Å²) in [6, 6.07) is 10.4. The van der Waals surface area contributed by atoms with Crippen molar-refractivity contribution >= 4 is 31.3 Å². The van der Waals surface area contributed by atoms with Gasteiger partial charge in [-0.1, -0.05) is 31.8 Å². The molecule has 0 aliphatic carbocycles. The molecule has 1 aromatic heterocycles. The number of hydrogen-bond donors (Lipinski definition) is 2. The van der Waals surface area contributed by atoms with Crippen molar-refractivity contribution in [1.82, 2.24) is 9.88 Å². The minimum Gasteiger partial charge on any atom is -0.478 e. The lowest BCUT2D eigenvalue weighted by Gasteiger charge is -2.44. The Kier molecular flexibility index (Phi) is 9.93. The number of ether oxygens (including phenoxy) is 1. The van der Waals surface area contributed by atoms with Crippen LogP contribution in [-0.4, -0.2) is 68.6 Å². The van der Waals surface area contributed by atoms with Crippen LogP contribution in [0.5, 0.6) is 5.88 Å². The van der Waals surface area contributed by atoms with E-state index >= 15 is 4.39 Å². The highest BCUT2D eigenvalue weighted by molar-refractivity contribution is 6.76. The monoisotopic (exact) mass is 645 g/mol. The summed E-state index contributed by atoms with van der Waals surface area (Å²) in [5.41, 5.74) is 4.66. The molecule has 2 heterocycles. The molecule has 1 saturated heterocycles. The van der Waals surface area contributed by atoms with Crippen molar-refractivity contribution in [2.75, 3.05) is 37.0 Å². The summed E-state index contributed by atoms with van der Waals surface area (Å²) >= 11 is 0. The van der Waals surface area contributed by atoms with E-state index in [2.05, 4.69) is 48.7 Å². The molecule has 0 bridgehead atoms. The molecule has 3 aromatic rings. The van der Waals surface area contributed by atoms with Gasteiger partial charge in [0.25, 0.3) is 5.91 Å². The predicted octanol–water partition coefficient (Wildman–Crippen LogP) is 6.50. The van der Waals surface area contributed by atoms with Crippen LogP contribution in [0.15, 0.2) is 48.7 Å². The first kappa shape index (κ1) is 33.9. The maximum Gasteiger partial charge on any atom is 0.417 e. The highest BCUT2D eigenvalue weighted by Crippen LogP contribution is 2.37. The number of aromatic nitrogens is 1. The number of nitrogens with two attached hydrogens (primary N) is 1. The van der Waals surface area contributed by atoms with Crippen LogP contribution < -0.4 is 20.7 Å². The van der Waals surface area contributed by atoms with Gasteiger partial charge in [0.2, 0.25) is 11.8 Å². The first-order chi connectivity index (χ1) is 20.9. The van der Waals surface area contributed by atoms with Crippen LogP contribution >= 0.6 is 0 Å². The van der Waals surface area contributed by atoms with Crippen LogP contribution in [-0.2, 0) is 6.18 Å². The molecular formula is C32H39F4N5O3Si. The fraction of sp³-hybridized carbons (Fsp3) is 0.406. The number of alkyl halides is 3. The molecule has 8 nitrogen and oxygen atoms in total. The Morgan fingerprint density at radius 1 is 1.07 bits per heavy atom. The number of piperazine rings is 1. The van der Waals surface area contributed by atoms with Crippen LogP contribution in [0.1, 0.15) is 40.1 Å². The molecule has 3 N–H and O–H groups in total. The van der Waals surface area contributed by atoms with E-state index in [0.717, 1.165) is 24.4 Å². The zero-order valence-electron chi connectivity index (χ0n) is 26.3.